The Bertz CT molecular complexity index is 1370. The second-order valence-corrected chi connectivity index (χ2v) is 14.5. The van der Waals surface area contributed by atoms with Crippen molar-refractivity contribution >= 4 is 17.7 Å². The van der Waals surface area contributed by atoms with Crippen LogP contribution in [0.15, 0.2) is 57.9 Å². The molecule has 0 unspecified atom stereocenters. The van der Waals surface area contributed by atoms with Gasteiger partial charge >= 0.3 is 11.9 Å². The minimum atomic E-state index is -1.42. The van der Waals surface area contributed by atoms with Crippen LogP contribution >= 0.6 is 0 Å². The van der Waals surface area contributed by atoms with Gasteiger partial charge in [-0.15, -0.1) is 0 Å². The van der Waals surface area contributed by atoms with Crippen molar-refractivity contribution in [2.45, 2.75) is 106 Å². The van der Waals surface area contributed by atoms with E-state index >= 15 is 0 Å². The first-order valence-electron chi connectivity index (χ1n) is 15.7. The van der Waals surface area contributed by atoms with E-state index in [1.165, 1.54) is 6.92 Å². The molecule has 1 spiro atoms. The fourth-order valence-corrected chi connectivity index (χ4v) is 9.60. The normalized spacial score (nSPS) is 44.7. The summed E-state index contributed by atoms with van der Waals surface area (Å²) < 4.78 is 12.1. The topological polar surface area (TPSA) is 89.9 Å². The van der Waals surface area contributed by atoms with Crippen molar-refractivity contribution < 1.29 is 29.0 Å². The number of ketones is 1. The number of aliphatic hydroxyl groups is 1. The summed E-state index contributed by atoms with van der Waals surface area (Å²) in [5.41, 5.74) is 0.982. The summed E-state index contributed by atoms with van der Waals surface area (Å²) in [4.78, 5) is 40.8. The molecule has 6 nitrogen and oxygen atoms in total. The quantitative estimate of drug-likeness (QED) is 0.197. The number of allylic oxidation sites excluding steroid dienone is 6. The summed E-state index contributed by atoms with van der Waals surface area (Å²) in [7, 11) is 0. The zero-order valence-electron chi connectivity index (χ0n) is 26.8. The Balaban J connectivity index is 1.80. The molecule has 1 N–H and O–H groups in total. The van der Waals surface area contributed by atoms with E-state index in [2.05, 4.69) is 65.8 Å². The van der Waals surface area contributed by atoms with Gasteiger partial charge in [0.05, 0.1) is 5.41 Å². The van der Waals surface area contributed by atoms with E-state index in [0.717, 1.165) is 48.0 Å². The average Bonchev–Trinajstić information content (AvgIpc) is 3.13. The van der Waals surface area contributed by atoms with Gasteiger partial charge in [-0.05, 0) is 78.1 Å². The fourth-order valence-electron chi connectivity index (χ4n) is 9.60. The lowest BCUT2D eigenvalue weighted by molar-refractivity contribution is -0.162. The van der Waals surface area contributed by atoms with Gasteiger partial charge in [0.1, 0.15) is 17.4 Å². The van der Waals surface area contributed by atoms with Crippen LogP contribution in [0.3, 0.4) is 0 Å². The summed E-state index contributed by atoms with van der Waals surface area (Å²) in [6, 6.07) is 0. The van der Waals surface area contributed by atoms with Gasteiger partial charge in [0.25, 0.3) is 0 Å². The molecule has 1 saturated carbocycles. The summed E-state index contributed by atoms with van der Waals surface area (Å²) >= 11 is 0. The molecule has 4 aliphatic carbocycles. The highest BCUT2D eigenvalue weighted by molar-refractivity contribution is 6.26. The van der Waals surface area contributed by atoms with Gasteiger partial charge in [-0.3, -0.25) is 9.59 Å². The highest BCUT2D eigenvalue weighted by Gasteiger charge is 2.66. The van der Waals surface area contributed by atoms with Gasteiger partial charge in [0.15, 0.2) is 5.60 Å². The van der Waals surface area contributed by atoms with Crippen LogP contribution in [0.5, 0.6) is 0 Å². The van der Waals surface area contributed by atoms with E-state index in [9.17, 15) is 19.5 Å². The Hall–Kier alpha value is -2.89. The number of hydrogen-bond acceptors (Lipinski definition) is 6. The molecule has 1 heterocycles. The van der Waals surface area contributed by atoms with E-state index in [0.29, 0.717) is 6.42 Å². The highest BCUT2D eigenvalue weighted by atomic mass is 16.6. The number of Topliss-reactive ketones (excluding diaryl/α,β-unsaturated/α-hetero) is 1. The van der Waals surface area contributed by atoms with Crippen molar-refractivity contribution in [3.63, 3.8) is 0 Å². The molecule has 5 rings (SSSR count). The average molecular weight is 577 g/mol. The van der Waals surface area contributed by atoms with Crippen molar-refractivity contribution in [1.82, 2.24) is 0 Å². The van der Waals surface area contributed by atoms with Crippen molar-refractivity contribution in [3.05, 3.63) is 57.9 Å². The van der Waals surface area contributed by atoms with Crippen LogP contribution < -0.4 is 0 Å². The Kier molecular flexibility index (Phi) is 7.55. The maximum Gasteiger partial charge on any atom is 0.346 e. The molecular weight excluding hydrogens is 528 g/mol. The molecule has 2 bridgehead atoms. The van der Waals surface area contributed by atoms with Gasteiger partial charge in [-0.2, -0.15) is 0 Å². The minimum Gasteiger partial charge on any atom is -0.511 e. The SMILES string of the molecule is CC(=O)O[C@H]1CC[C@H](C)[C@@H]2[C@@H]1C=C(C)[C@H]1/C(C)=C/CC/C(C)=C\[C@]3(C)C=C(C)[C@H](C)C[C@]34OC(=O)C(=C(O)[C@@]21C)C4=O. The van der Waals surface area contributed by atoms with Crippen LogP contribution in [0.25, 0.3) is 0 Å². The Morgan fingerprint density at radius 3 is 2.38 bits per heavy atom. The lowest BCUT2D eigenvalue weighted by Gasteiger charge is -2.56. The van der Waals surface area contributed by atoms with Gasteiger partial charge in [-0.1, -0.05) is 67.4 Å². The summed E-state index contributed by atoms with van der Waals surface area (Å²) in [6.07, 6.45) is 11.9. The van der Waals surface area contributed by atoms with Crippen molar-refractivity contribution in [2.24, 2.45) is 40.4 Å². The van der Waals surface area contributed by atoms with Crippen molar-refractivity contribution in [1.29, 1.82) is 0 Å². The maximum atomic E-state index is 14.8. The number of rotatable bonds is 1. The summed E-state index contributed by atoms with van der Waals surface area (Å²) in [5, 5.41) is 12.5. The molecule has 5 aliphatic rings. The summed E-state index contributed by atoms with van der Waals surface area (Å²) in [6.45, 7) is 18.0. The first-order chi connectivity index (χ1) is 19.6. The molecule has 2 fully saturated rings. The molecule has 42 heavy (non-hydrogen) atoms. The fraction of sp³-hybridized carbons (Fsp3) is 0.639. The van der Waals surface area contributed by atoms with Crippen molar-refractivity contribution in [3.8, 4) is 0 Å². The number of carbonyl (C=O) groups is 3. The molecular formula is C36H48O6. The number of hydrogen-bond donors (Lipinski definition) is 1. The molecule has 228 valence electrons. The van der Waals surface area contributed by atoms with Crippen LogP contribution in [0.2, 0.25) is 0 Å². The number of fused-ring (bicyclic) bond motifs is 4. The van der Waals surface area contributed by atoms with Gasteiger partial charge in [-0.25, -0.2) is 4.79 Å². The maximum absolute atomic E-state index is 14.8. The molecule has 0 radical (unpaired) electrons. The molecule has 0 amide bonds. The van der Waals surface area contributed by atoms with E-state index in [-0.39, 0.29) is 53.0 Å². The van der Waals surface area contributed by atoms with Crippen molar-refractivity contribution in [2.75, 3.05) is 0 Å². The standard InChI is InChI=1S/C36H48O6/c1-19-11-10-12-20(2)29-22(4)15-26-27(41-25(7)37)14-13-21(3)30(26)35(29,9)31(38)28-32(39)36(42-33(28)40)18-24(6)23(5)17-34(36,8)16-19/h12,15-17,21,24,26-27,29-30,38H,10-11,13-14,18H2,1-9H3/b19-16-,20-12+,31-28?/t21-,24+,26+,27-,29+,30+,34+,35+,36+/m0/s1. The second kappa shape index (κ2) is 10.4. The van der Waals surface area contributed by atoms with Crippen LogP contribution in [-0.4, -0.2) is 34.5 Å². The highest BCUT2D eigenvalue weighted by Crippen LogP contribution is 2.62. The predicted molar refractivity (Wildman–Crippen MR) is 162 cm³/mol. The smallest absolute Gasteiger partial charge is 0.346 e. The van der Waals surface area contributed by atoms with E-state index in [1.54, 1.807) is 0 Å². The Morgan fingerprint density at radius 1 is 1.02 bits per heavy atom. The molecule has 9 atom stereocenters. The number of aliphatic hydroxyl groups excluding tert-OH is 1. The molecule has 0 aromatic heterocycles. The number of ether oxygens (including phenoxy) is 2. The first kappa shape index (κ1) is 30.6. The molecule has 0 aromatic rings. The van der Waals surface area contributed by atoms with E-state index in [4.69, 9.17) is 9.47 Å². The van der Waals surface area contributed by atoms with E-state index < -0.39 is 28.2 Å². The zero-order chi connectivity index (χ0) is 30.9. The summed E-state index contributed by atoms with van der Waals surface area (Å²) in [5.74, 6) is -2.01. The molecule has 1 saturated heterocycles. The second-order valence-electron chi connectivity index (χ2n) is 14.5. The lowest BCUT2D eigenvalue weighted by Crippen LogP contribution is -2.54. The Morgan fingerprint density at radius 2 is 1.71 bits per heavy atom. The third-order valence-electron chi connectivity index (χ3n) is 11.5. The molecule has 1 aliphatic heterocycles. The predicted octanol–water partition coefficient (Wildman–Crippen LogP) is 7.52. The zero-order valence-corrected chi connectivity index (χ0v) is 26.8. The van der Waals surface area contributed by atoms with Crippen LogP contribution in [-0.2, 0) is 23.9 Å². The third kappa shape index (κ3) is 4.38. The minimum absolute atomic E-state index is 0.0417. The number of esters is 2. The van der Waals surface area contributed by atoms with Gasteiger partial charge < -0.3 is 14.6 Å². The third-order valence-corrected chi connectivity index (χ3v) is 11.5. The largest absolute Gasteiger partial charge is 0.511 e. The number of carbonyl (C=O) groups excluding carboxylic acids is 3. The molecule has 6 heteroatoms. The van der Waals surface area contributed by atoms with Gasteiger partial charge in [0.2, 0.25) is 5.78 Å². The first-order valence-corrected chi connectivity index (χ1v) is 15.7. The van der Waals surface area contributed by atoms with E-state index in [1.807, 2.05) is 13.8 Å². The van der Waals surface area contributed by atoms with Gasteiger partial charge in [0, 0.05) is 30.6 Å². The monoisotopic (exact) mass is 576 g/mol. The van der Waals surface area contributed by atoms with Crippen LogP contribution in [0, 0.1) is 40.4 Å². The molecule has 0 aromatic carbocycles. The van der Waals surface area contributed by atoms with Crippen LogP contribution in [0.4, 0.5) is 0 Å². The van der Waals surface area contributed by atoms with Crippen LogP contribution in [0.1, 0.15) is 94.4 Å². The lowest BCUT2D eigenvalue weighted by atomic mass is 9.49. The Labute approximate surface area is 251 Å².